The fourth-order valence-electron chi connectivity index (χ4n) is 2.62. The summed E-state index contributed by atoms with van der Waals surface area (Å²) >= 11 is 0. The number of methoxy groups -OCH3 is 1. The number of rotatable bonds is 4. The van der Waals surface area contributed by atoms with Gasteiger partial charge in [-0.05, 0) is 37.6 Å². The molecule has 0 aliphatic carbocycles. The fraction of sp³-hybridized carbons (Fsp3) is 0.294. The molecule has 1 aromatic carbocycles. The molecule has 0 radical (unpaired) electrons. The van der Waals surface area contributed by atoms with E-state index in [1.165, 1.54) is 7.11 Å². The van der Waals surface area contributed by atoms with E-state index >= 15 is 0 Å². The van der Waals surface area contributed by atoms with Gasteiger partial charge in [-0.25, -0.2) is 0 Å². The van der Waals surface area contributed by atoms with Crippen molar-refractivity contribution in [2.45, 2.75) is 26.4 Å². The van der Waals surface area contributed by atoms with Gasteiger partial charge in [0.05, 0.1) is 24.8 Å². The van der Waals surface area contributed by atoms with Crippen LogP contribution in [0.15, 0.2) is 33.2 Å². The van der Waals surface area contributed by atoms with Crippen molar-refractivity contribution < 1.29 is 23.6 Å². The summed E-state index contributed by atoms with van der Waals surface area (Å²) in [5.41, 5.74) is 2.70. The molecule has 6 nitrogen and oxygen atoms in total. The second kappa shape index (κ2) is 5.89. The van der Waals surface area contributed by atoms with Gasteiger partial charge in [-0.15, -0.1) is 0 Å². The van der Waals surface area contributed by atoms with Crippen molar-refractivity contribution >= 4 is 16.9 Å². The van der Waals surface area contributed by atoms with E-state index in [9.17, 15) is 9.90 Å². The number of aryl methyl sites for hydroxylation is 2. The lowest BCUT2D eigenvalue weighted by atomic mass is 10.1. The molecule has 0 spiro atoms. The lowest BCUT2D eigenvalue weighted by Gasteiger charge is -2.06. The van der Waals surface area contributed by atoms with Gasteiger partial charge in [-0.1, -0.05) is 11.2 Å². The summed E-state index contributed by atoms with van der Waals surface area (Å²) in [7, 11) is 1.36. The van der Waals surface area contributed by atoms with Gasteiger partial charge >= 0.3 is 5.97 Å². The molecule has 23 heavy (non-hydrogen) atoms. The Labute approximate surface area is 132 Å². The Balaban J connectivity index is 1.95. The lowest BCUT2D eigenvalue weighted by Crippen LogP contribution is -2.03. The Bertz CT molecular complexity index is 842. The van der Waals surface area contributed by atoms with E-state index < -0.39 is 6.10 Å². The Morgan fingerprint density at radius 1 is 1.35 bits per heavy atom. The molecule has 120 valence electrons. The summed E-state index contributed by atoms with van der Waals surface area (Å²) in [5, 5.41) is 15.2. The first-order valence-electron chi connectivity index (χ1n) is 7.19. The Morgan fingerprint density at radius 3 is 2.78 bits per heavy atom. The number of carbonyl (C=O) groups excluding carboxylic acids is 1. The zero-order valence-electron chi connectivity index (χ0n) is 13.1. The zero-order chi connectivity index (χ0) is 16.6. The molecule has 3 rings (SSSR count). The van der Waals surface area contributed by atoms with Gasteiger partial charge in [0.25, 0.3) is 0 Å². The molecule has 2 heterocycles. The van der Waals surface area contributed by atoms with Crippen molar-refractivity contribution in [1.82, 2.24) is 5.16 Å². The quantitative estimate of drug-likeness (QED) is 0.745. The molecule has 0 unspecified atom stereocenters. The van der Waals surface area contributed by atoms with Gasteiger partial charge in [0.1, 0.15) is 23.2 Å². The predicted octanol–water partition coefficient (Wildman–Crippen LogP) is 2.83. The van der Waals surface area contributed by atoms with E-state index in [2.05, 4.69) is 9.89 Å². The molecule has 1 atom stereocenters. The van der Waals surface area contributed by atoms with E-state index in [0.717, 1.165) is 10.9 Å². The standard InChI is InChI=1S/C17H17NO5/c1-9-16(10(2)23-18-9)17(20)14-8-12-6-11(7-15(19)21-3)4-5-13(12)22-14/h4-6,8,17,20H,7H2,1-3H3/t17-/m0/s1. The number of carbonyl (C=O) groups is 1. The number of benzene rings is 1. The Kier molecular flexibility index (Phi) is 3.92. The Hall–Kier alpha value is -2.60. The van der Waals surface area contributed by atoms with E-state index in [0.29, 0.717) is 28.4 Å². The third-order valence-electron chi connectivity index (χ3n) is 3.81. The molecule has 0 amide bonds. The van der Waals surface area contributed by atoms with Crippen molar-refractivity contribution in [3.8, 4) is 0 Å². The number of ether oxygens (including phenoxy) is 1. The van der Waals surface area contributed by atoms with Gasteiger partial charge < -0.3 is 18.8 Å². The van der Waals surface area contributed by atoms with Crippen LogP contribution >= 0.6 is 0 Å². The number of hydrogen-bond donors (Lipinski definition) is 1. The molecule has 6 heteroatoms. The third kappa shape index (κ3) is 2.85. The van der Waals surface area contributed by atoms with Crippen LogP contribution in [0.25, 0.3) is 11.0 Å². The zero-order valence-corrected chi connectivity index (χ0v) is 13.1. The summed E-state index contributed by atoms with van der Waals surface area (Å²) in [5.74, 6) is 0.662. The van der Waals surface area contributed by atoms with Crippen molar-refractivity contribution in [3.05, 3.63) is 52.6 Å². The van der Waals surface area contributed by atoms with Gasteiger partial charge in [-0.2, -0.15) is 0 Å². The smallest absolute Gasteiger partial charge is 0.309 e. The van der Waals surface area contributed by atoms with E-state index in [1.807, 2.05) is 6.07 Å². The van der Waals surface area contributed by atoms with Crippen molar-refractivity contribution in [2.24, 2.45) is 0 Å². The highest BCUT2D eigenvalue weighted by Crippen LogP contribution is 2.31. The maximum Gasteiger partial charge on any atom is 0.309 e. The minimum atomic E-state index is -0.947. The molecule has 0 fully saturated rings. The first-order valence-corrected chi connectivity index (χ1v) is 7.19. The molecule has 0 aliphatic rings. The Morgan fingerprint density at radius 2 is 2.13 bits per heavy atom. The van der Waals surface area contributed by atoms with Crippen molar-refractivity contribution in [1.29, 1.82) is 0 Å². The number of furan rings is 1. The second-order valence-electron chi connectivity index (χ2n) is 5.41. The monoisotopic (exact) mass is 315 g/mol. The van der Waals surface area contributed by atoms with E-state index in [-0.39, 0.29) is 12.4 Å². The molecule has 2 aromatic heterocycles. The van der Waals surface area contributed by atoms with Crippen LogP contribution < -0.4 is 0 Å². The van der Waals surface area contributed by atoms with Gasteiger partial charge in [-0.3, -0.25) is 4.79 Å². The first-order chi connectivity index (χ1) is 11.0. The van der Waals surface area contributed by atoms with Crippen LogP contribution in [0.2, 0.25) is 0 Å². The maximum atomic E-state index is 11.4. The first kappa shape index (κ1) is 15.3. The van der Waals surface area contributed by atoms with Crippen LogP contribution in [0.1, 0.15) is 34.4 Å². The van der Waals surface area contributed by atoms with Crippen LogP contribution in [0.3, 0.4) is 0 Å². The molecule has 3 aromatic rings. The van der Waals surface area contributed by atoms with E-state index in [1.54, 1.807) is 32.0 Å². The fourth-order valence-corrected chi connectivity index (χ4v) is 2.62. The molecular formula is C17H17NO5. The topological polar surface area (TPSA) is 85.7 Å². The normalized spacial score (nSPS) is 12.5. The SMILES string of the molecule is COC(=O)Cc1ccc2oc([C@H](O)c3c(C)noc3C)cc2c1. The van der Waals surface area contributed by atoms with Crippen LogP contribution in [0, 0.1) is 13.8 Å². The largest absolute Gasteiger partial charge is 0.469 e. The highest BCUT2D eigenvalue weighted by atomic mass is 16.5. The molecular weight excluding hydrogens is 298 g/mol. The van der Waals surface area contributed by atoms with Gasteiger partial charge in [0, 0.05) is 5.39 Å². The highest BCUT2D eigenvalue weighted by molar-refractivity contribution is 5.81. The lowest BCUT2D eigenvalue weighted by molar-refractivity contribution is -0.139. The summed E-state index contributed by atoms with van der Waals surface area (Å²) < 4.78 is 15.5. The van der Waals surface area contributed by atoms with Crippen LogP contribution in [-0.4, -0.2) is 23.3 Å². The number of aliphatic hydroxyl groups excluding tert-OH is 1. The average molecular weight is 315 g/mol. The highest BCUT2D eigenvalue weighted by Gasteiger charge is 2.23. The predicted molar refractivity (Wildman–Crippen MR) is 82.0 cm³/mol. The van der Waals surface area contributed by atoms with Gasteiger partial charge in [0.2, 0.25) is 0 Å². The van der Waals surface area contributed by atoms with Crippen LogP contribution in [0.4, 0.5) is 0 Å². The van der Waals surface area contributed by atoms with E-state index in [4.69, 9.17) is 8.94 Å². The molecule has 0 aliphatic heterocycles. The molecule has 1 N–H and O–H groups in total. The minimum Gasteiger partial charge on any atom is -0.469 e. The number of nitrogens with zero attached hydrogens (tertiary/aromatic N) is 1. The molecule has 0 saturated heterocycles. The molecule has 0 saturated carbocycles. The van der Waals surface area contributed by atoms with Crippen molar-refractivity contribution in [3.63, 3.8) is 0 Å². The summed E-state index contributed by atoms with van der Waals surface area (Å²) in [6.07, 6.45) is -0.753. The summed E-state index contributed by atoms with van der Waals surface area (Å²) in [4.78, 5) is 11.4. The minimum absolute atomic E-state index is 0.194. The van der Waals surface area contributed by atoms with Crippen LogP contribution in [-0.2, 0) is 16.0 Å². The van der Waals surface area contributed by atoms with Crippen LogP contribution in [0.5, 0.6) is 0 Å². The number of aliphatic hydroxyl groups is 1. The number of aromatic nitrogens is 1. The maximum absolute atomic E-state index is 11.4. The summed E-state index contributed by atoms with van der Waals surface area (Å²) in [6.45, 7) is 3.52. The average Bonchev–Trinajstić information content (AvgIpc) is 3.09. The second-order valence-corrected chi connectivity index (χ2v) is 5.41. The van der Waals surface area contributed by atoms with Crippen molar-refractivity contribution in [2.75, 3.05) is 7.11 Å². The third-order valence-corrected chi connectivity index (χ3v) is 3.81. The number of esters is 1. The van der Waals surface area contributed by atoms with Gasteiger partial charge in [0.15, 0.2) is 0 Å². The number of hydrogen-bond acceptors (Lipinski definition) is 6. The summed E-state index contributed by atoms with van der Waals surface area (Å²) in [6, 6.07) is 7.18. The number of fused-ring (bicyclic) bond motifs is 1. The molecule has 0 bridgehead atoms.